The summed E-state index contributed by atoms with van der Waals surface area (Å²) in [5.74, 6) is 0.457. The average Bonchev–Trinajstić information content (AvgIpc) is 3.12. The van der Waals surface area contributed by atoms with Gasteiger partial charge in [0.2, 0.25) is 0 Å². The van der Waals surface area contributed by atoms with Gasteiger partial charge in [-0.25, -0.2) is 4.98 Å². The van der Waals surface area contributed by atoms with Crippen molar-refractivity contribution < 1.29 is 14.3 Å². The molecule has 0 aliphatic rings. The number of pyridine rings is 1. The Morgan fingerprint density at radius 1 is 1.19 bits per heavy atom. The standard InChI is InChI=1S/C23H29N5O3/c1-15(2)10-19-22(25-14-20(29)31-3)28-9-5-8-18(21(28)27-19)23(30)26-13-17-7-4-6-16(11-17)12-24/h4-9,11,15,25H,10,12-14,24H2,1-3H3,(H,26,30). The first-order valence-corrected chi connectivity index (χ1v) is 10.3. The minimum absolute atomic E-state index is 0.0172. The molecule has 0 radical (unpaired) electrons. The van der Waals surface area contributed by atoms with Crippen molar-refractivity contribution in [3.63, 3.8) is 0 Å². The largest absolute Gasteiger partial charge is 0.468 e. The molecule has 1 aromatic carbocycles. The van der Waals surface area contributed by atoms with E-state index in [9.17, 15) is 9.59 Å². The van der Waals surface area contributed by atoms with Crippen LogP contribution in [0.25, 0.3) is 5.65 Å². The average molecular weight is 424 g/mol. The quantitative estimate of drug-likeness (QED) is 0.456. The van der Waals surface area contributed by atoms with Crippen LogP contribution in [0.1, 0.15) is 41.0 Å². The van der Waals surface area contributed by atoms with Crippen molar-refractivity contribution in [2.75, 3.05) is 19.0 Å². The van der Waals surface area contributed by atoms with Gasteiger partial charge >= 0.3 is 5.97 Å². The van der Waals surface area contributed by atoms with Crippen LogP contribution in [0.5, 0.6) is 0 Å². The number of hydrogen-bond acceptors (Lipinski definition) is 6. The third-order valence-electron chi connectivity index (χ3n) is 4.88. The van der Waals surface area contributed by atoms with E-state index in [1.165, 1.54) is 7.11 Å². The molecule has 8 nitrogen and oxygen atoms in total. The fourth-order valence-electron chi connectivity index (χ4n) is 3.38. The van der Waals surface area contributed by atoms with Crippen molar-refractivity contribution >= 4 is 23.3 Å². The minimum Gasteiger partial charge on any atom is -0.468 e. The van der Waals surface area contributed by atoms with Crippen LogP contribution in [0.3, 0.4) is 0 Å². The van der Waals surface area contributed by atoms with Crippen LogP contribution in [-0.4, -0.2) is 34.9 Å². The van der Waals surface area contributed by atoms with Crippen LogP contribution >= 0.6 is 0 Å². The van der Waals surface area contributed by atoms with Crippen LogP contribution in [0, 0.1) is 5.92 Å². The van der Waals surface area contributed by atoms with Crippen molar-refractivity contribution in [1.29, 1.82) is 0 Å². The number of esters is 1. The molecule has 0 aliphatic carbocycles. The lowest BCUT2D eigenvalue weighted by Crippen LogP contribution is -2.23. The van der Waals surface area contributed by atoms with Crippen LogP contribution in [0.4, 0.5) is 5.82 Å². The van der Waals surface area contributed by atoms with Crippen molar-refractivity contribution in [2.45, 2.75) is 33.4 Å². The number of carbonyl (C=O) groups is 2. The van der Waals surface area contributed by atoms with Gasteiger partial charge in [-0.05, 0) is 35.6 Å². The first-order valence-electron chi connectivity index (χ1n) is 10.3. The van der Waals surface area contributed by atoms with Gasteiger partial charge in [-0.15, -0.1) is 0 Å². The van der Waals surface area contributed by atoms with Crippen LogP contribution in [0.15, 0.2) is 42.6 Å². The Kier molecular flexibility index (Phi) is 7.25. The van der Waals surface area contributed by atoms with Crippen molar-refractivity contribution in [2.24, 2.45) is 11.7 Å². The molecule has 2 heterocycles. The maximum atomic E-state index is 13.0. The van der Waals surface area contributed by atoms with E-state index in [1.807, 2.05) is 34.9 Å². The van der Waals surface area contributed by atoms with E-state index in [-0.39, 0.29) is 18.4 Å². The van der Waals surface area contributed by atoms with E-state index in [0.717, 1.165) is 16.8 Å². The zero-order valence-corrected chi connectivity index (χ0v) is 18.1. The zero-order valence-electron chi connectivity index (χ0n) is 18.1. The summed E-state index contributed by atoms with van der Waals surface area (Å²) in [6.07, 6.45) is 2.53. The molecule has 0 saturated carbocycles. The molecular formula is C23H29N5O3. The monoisotopic (exact) mass is 423 g/mol. The topological polar surface area (TPSA) is 111 Å². The summed E-state index contributed by atoms with van der Waals surface area (Å²) in [6.45, 7) is 5.05. The molecule has 3 aromatic rings. The second-order valence-electron chi connectivity index (χ2n) is 7.76. The highest BCUT2D eigenvalue weighted by atomic mass is 16.5. The maximum absolute atomic E-state index is 13.0. The second-order valence-corrected chi connectivity index (χ2v) is 7.76. The number of fused-ring (bicyclic) bond motifs is 1. The van der Waals surface area contributed by atoms with E-state index < -0.39 is 0 Å². The Morgan fingerprint density at radius 2 is 1.97 bits per heavy atom. The van der Waals surface area contributed by atoms with E-state index in [0.29, 0.717) is 42.5 Å². The smallest absolute Gasteiger partial charge is 0.325 e. The maximum Gasteiger partial charge on any atom is 0.325 e. The fraction of sp³-hybridized carbons (Fsp3) is 0.348. The number of methoxy groups -OCH3 is 1. The number of hydrogen-bond donors (Lipinski definition) is 3. The molecule has 1 amide bonds. The molecule has 0 aliphatic heterocycles. The zero-order chi connectivity index (χ0) is 22.4. The molecule has 0 fully saturated rings. The molecule has 0 saturated heterocycles. The Labute approximate surface area is 181 Å². The van der Waals surface area contributed by atoms with Crippen LogP contribution < -0.4 is 16.4 Å². The number of carbonyl (C=O) groups excluding carboxylic acids is 2. The first kappa shape index (κ1) is 22.3. The lowest BCUT2D eigenvalue weighted by Gasteiger charge is -2.10. The van der Waals surface area contributed by atoms with Crippen LogP contribution in [0.2, 0.25) is 0 Å². The molecular weight excluding hydrogens is 394 g/mol. The molecule has 0 atom stereocenters. The Hall–Kier alpha value is -3.39. The number of imidazole rings is 1. The third-order valence-corrected chi connectivity index (χ3v) is 4.88. The SMILES string of the molecule is COC(=O)CNc1c(CC(C)C)nc2c(C(=O)NCc3cccc(CN)c3)cccn12. The lowest BCUT2D eigenvalue weighted by molar-refractivity contribution is -0.138. The van der Waals surface area contributed by atoms with Gasteiger partial charge in [-0.3, -0.25) is 14.0 Å². The molecule has 0 bridgehead atoms. The number of anilines is 1. The molecule has 31 heavy (non-hydrogen) atoms. The van der Waals surface area contributed by atoms with E-state index >= 15 is 0 Å². The highest BCUT2D eigenvalue weighted by Crippen LogP contribution is 2.23. The number of rotatable bonds is 9. The minimum atomic E-state index is -0.376. The van der Waals surface area contributed by atoms with Gasteiger partial charge in [-0.1, -0.05) is 38.1 Å². The number of aromatic nitrogens is 2. The number of nitrogens with one attached hydrogen (secondary N) is 2. The van der Waals surface area contributed by atoms with Crippen molar-refractivity contribution in [3.05, 3.63) is 65.0 Å². The number of ether oxygens (including phenoxy) is 1. The summed E-state index contributed by atoms with van der Waals surface area (Å²) < 4.78 is 6.54. The molecule has 3 rings (SSSR count). The highest BCUT2D eigenvalue weighted by molar-refractivity contribution is 6.00. The summed E-state index contributed by atoms with van der Waals surface area (Å²) in [7, 11) is 1.35. The number of benzene rings is 1. The number of nitrogens with zero attached hydrogens (tertiary/aromatic N) is 2. The third kappa shape index (κ3) is 5.40. The Balaban J connectivity index is 1.88. The number of amides is 1. The van der Waals surface area contributed by atoms with Gasteiger partial charge in [0.25, 0.3) is 5.91 Å². The summed E-state index contributed by atoms with van der Waals surface area (Å²) in [5.41, 5.74) is 9.50. The summed E-state index contributed by atoms with van der Waals surface area (Å²) >= 11 is 0. The fourth-order valence-corrected chi connectivity index (χ4v) is 3.38. The van der Waals surface area contributed by atoms with E-state index in [1.54, 1.807) is 12.1 Å². The Bertz CT molecular complexity index is 1070. The Morgan fingerprint density at radius 3 is 2.68 bits per heavy atom. The predicted octanol–water partition coefficient (Wildman–Crippen LogP) is 2.51. The van der Waals surface area contributed by atoms with Gasteiger partial charge in [-0.2, -0.15) is 0 Å². The molecule has 4 N–H and O–H groups in total. The highest BCUT2D eigenvalue weighted by Gasteiger charge is 2.19. The summed E-state index contributed by atoms with van der Waals surface area (Å²) in [5, 5.41) is 6.07. The lowest BCUT2D eigenvalue weighted by atomic mass is 10.1. The van der Waals surface area contributed by atoms with Gasteiger partial charge in [0.15, 0.2) is 5.65 Å². The first-order chi connectivity index (χ1) is 14.9. The van der Waals surface area contributed by atoms with Gasteiger partial charge in [0.05, 0.1) is 18.4 Å². The van der Waals surface area contributed by atoms with Crippen LogP contribution in [-0.2, 0) is 29.0 Å². The summed E-state index contributed by atoms with van der Waals surface area (Å²) in [6, 6.07) is 11.3. The van der Waals surface area contributed by atoms with Gasteiger partial charge < -0.3 is 21.1 Å². The van der Waals surface area contributed by atoms with Gasteiger partial charge in [0.1, 0.15) is 12.4 Å². The normalized spacial score (nSPS) is 11.0. The van der Waals surface area contributed by atoms with E-state index in [2.05, 4.69) is 24.5 Å². The number of nitrogens with two attached hydrogens (primary N) is 1. The molecule has 8 heteroatoms. The molecule has 0 spiro atoms. The predicted molar refractivity (Wildman–Crippen MR) is 120 cm³/mol. The van der Waals surface area contributed by atoms with Crippen molar-refractivity contribution in [1.82, 2.24) is 14.7 Å². The van der Waals surface area contributed by atoms with E-state index in [4.69, 9.17) is 15.5 Å². The molecule has 0 unspecified atom stereocenters. The second kappa shape index (κ2) is 10.1. The summed E-state index contributed by atoms with van der Waals surface area (Å²) in [4.78, 5) is 29.3. The molecule has 2 aromatic heterocycles. The van der Waals surface area contributed by atoms with Gasteiger partial charge in [0, 0.05) is 19.3 Å². The van der Waals surface area contributed by atoms with Crippen molar-refractivity contribution in [3.8, 4) is 0 Å². The molecule has 164 valence electrons.